The summed E-state index contributed by atoms with van der Waals surface area (Å²) in [5, 5.41) is 10.00. The SMILES string of the molecule is CCC1(C)Cc2c(sc3c2c(=O)n(C)c2nnc(SC)n32)CO1. The van der Waals surface area contributed by atoms with E-state index in [2.05, 4.69) is 24.0 Å². The lowest BCUT2D eigenvalue weighted by atomic mass is 9.90. The molecule has 0 fully saturated rings. The average Bonchev–Trinajstić information content (AvgIpc) is 3.13. The number of aromatic nitrogens is 4. The standard InChI is InChI=1S/C15H18N4O2S2/c1-5-15(2)6-8-9(7-21-15)23-12-10(8)11(20)18(3)13-16-17-14(22-4)19(12)13/h5-7H2,1-4H3. The van der Waals surface area contributed by atoms with Crippen LogP contribution < -0.4 is 5.56 Å². The van der Waals surface area contributed by atoms with Gasteiger partial charge in [0, 0.05) is 18.3 Å². The lowest BCUT2D eigenvalue weighted by molar-refractivity contribution is -0.0543. The minimum Gasteiger partial charge on any atom is -0.369 e. The number of fused-ring (bicyclic) bond motifs is 5. The number of aryl methyl sites for hydroxylation is 1. The van der Waals surface area contributed by atoms with Crippen molar-refractivity contribution < 1.29 is 4.74 Å². The Morgan fingerprint density at radius 1 is 1.43 bits per heavy atom. The Morgan fingerprint density at radius 2 is 2.22 bits per heavy atom. The van der Waals surface area contributed by atoms with Gasteiger partial charge in [-0.15, -0.1) is 21.5 Å². The van der Waals surface area contributed by atoms with Crippen molar-refractivity contribution in [1.29, 1.82) is 0 Å². The Hall–Kier alpha value is -1.38. The first-order chi connectivity index (χ1) is 11.0. The minimum atomic E-state index is -0.198. The van der Waals surface area contributed by atoms with Gasteiger partial charge in [0.15, 0.2) is 5.16 Å². The van der Waals surface area contributed by atoms with E-state index in [-0.39, 0.29) is 11.2 Å². The van der Waals surface area contributed by atoms with Gasteiger partial charge in [0.05, 0.1) is 17.6 Å². The van der Waals surface area contributed by atoms with Gasteiger partial charge in [-0.3, -0.25) is 9.36 Å². The van der Waals surface area contributed by atoms with E-state index in [1.807, 2.05) is 10.7 Å². The molecule has 0 saturated carbocycles. The Bertz CT molecular complexity index is 987. The third kappa shape index (κ3) is 2.01. The van der Waals surface area contributed by atoms with Crippen LogP contribution in [0, 0.1) is 0 Å². The number of rotatable bonds is 2. The average molecular weight is 350 g/mol. The summed E-state index contributed by atoms with van der Waals surface area (Å²) in [5.41, 5.74) is 0.950. The van der Waals surface area contributed by atoms with Crippen LogP contribution in [-0.2, 0) is 24.8 Å². The maximum Gasteiger partial charge on any atom is 0.263 e. The summed E-state index contributed by atoms with van der Waals surface area (Å²) in [4.78, 5) is 15.0. The van der Waals surface area contributed by atoms with Gasteiger partial charge in [-0.2, -0.15) is 0 Å². The predicted molar refractivity (Wildman–Crippen MR) is 92.6 cm³/mol. The molecule has 1 aliphatic heterocycles. The summed E-state index contributed by atoms with van der Waals surface area (Å²) in [6, 6.07) is 0. The first-order valence-corrected chi connectivity index (χ1v) is 9.59. The maximum absolute atomic E-state index is 12.9. The largest absolute Gasteiger partial charge is 0.369 e. The van der Waals surface area contributed by atoms with E-state index in [1.165, 1.54) is 11.8 Å². The van der Waals surface area contributed by atoms with Crippen LogP contribution in [0.4, 0.5) is 0 Å². The van der Waals surface area contributed by atoms with Gasteiger partial charge in [0.25, 0.3) is 5.56 Å². The van der Waals surface area contributed by atoms with Crippen molar-refractivity contribution in [2.24, 2.45) is 7.05 Å². The molecule has 0 aliphatic carbocycles. The van der Waals surface area contributed by atoms with Crippen LogP contribution in [0.1, 0.15) is 30.7 Å². The van der Waals surface area contributed by atoms with Gasteiger partial charge in [0.2, 0.25) is 5.78 Å². The number of hydrogen-bond donors (Lipinski definition) is 0. The Morgan fingerprint density at radius 3 is 2.91 bits per heavy atom. The molecule has 4 rings (SSSR count). The molecule has 0 aromatic carbocycles. The normalized spacial score (nSPS) is 21.2. The molecular formula is C15H18N4O2S2. The molecule has 4 heterocycles. The third-order valence-corrected chi connectivity index (χ3v) is 6.56. The molecule has 8 heteroatoms. The van der Waals surface area contributed by atoms with Crippen LogP contribution in [-0.4, -0.2) is 31.0 Å². The van der Waals surface area contributed by atoms with Gasteiger partial charge in [-0.05, 0) is 25.2 Å². The summed E-state index contributed by atoms with van der Waals surface area (Å²) < 4.78 is 9.64. The van der Waals surface area contributed by atoms with Gasteiger partial charge < -0.3 is 4.74 Å². The quantitative estimate of drug-likeness (QED) is 0.665. The van der Waals surface area contributed by atoms with Crippen LogP contribution in [0.25, 0.3) is 16.0 Å². The van der Waals surface area contributed by atoms with Crippen molar-refractivity contribution >= 4 is 39.1 Å². The zero-order valence-electron chi connectivity index (χ0n) is 13.5. The Kier molecular flexibility index (Phi) is 3.33. The number of thiophene rings is 1. The summed E-state index contributed by atoms with van der Waals surface area (Å²) in [7, 11) is 1.76. The lowest BCUT2D eigenvalue weighted by Gasteiger charge is -2.32. The first kappa shape index (κ1) is 15.2. The van der Waals surface area contributed by atoms with Gasteiger partial charge in [-0.1, -0.05) is 18.7 Å². The molecule has 3 aromatic heterocycles. The lowest BCUT2D eigenvalue weighted by Crippen LogP contribution is -2.34. The Balaban J connectivity index is 2.13. The molecule has 0 spiro atoms. The second kappa shape index (κ2) is 5.06. The van der Waals surface area contributed by atoms with Gasteiger partial charge >= 0.3 is 0 Å². The molecule has 0 radical (unpaired) electrons. The fourth-order valence-electron chi connectivity index (χ4n) is 3.12. The van der Waals surface area contributed by atoms with Gasteiger partial charge in [0.1, 0.15) is 4.83 Å². The van der Waals surface area contributed by atoms with Crippen molar-refractivity contribution in [2.75, 3.05) is 6.26 Å². The molecule has 6 nitrogen and oxygen atoms in total. The fourth-order valence-corrected chi connectivity index (χ4v) is 4.88. The zero-order chi connectivity index (χ0) is 16.4. The molecule has 1 aliphatic rings. The molecular weight excluding hydrogens is 332 g/mol. The molecule has 0 amide bonds. The third-order valence-electron chi connectivity index (χ3n) is 4.74. The highest BCUT2D eigenvalue weighted by atomic mass is 32.2. The van der Waals surface area contributed by atoms with Crippen molar-refractivity contribution in [3.05, 3.63) is 20.8 Å². The summed E-state index contributed by atoms with van der Waals surface area (Å²) >= 11 is 3.16. The second-order valence-electron chi connectivity index (χ2n) is 6.14. The van der Waals surface area contributed by atoms with Crippen molar-refractivity contribution in [3.8, 4) is 0 Å². The highest BCUT2D eigenvalue weighted by Gasteiger charge is 2.33. The zero-order valence-corrected chi connectivity index (χ0v) is 15.2. The molecule has 0 N–H and O–H groups in total. The number of nitrogens with zero attached hydrogens (tertiary/aromatic N) is 4. The highest BCUT2D eigenvalue weighted by molar-refractivity contribution is 7.98. The maximum atomic E-state index is 12.9. The fraction of sp³-hybridized carbons (Fsp3) is 0.533. The van der Waals surface area contributed by atoms with Crippen molar-refractivity contribution in [2.45, 2.75) is 44.1 Å². The topological polar surface area (TPSA) is 61.4 Å². The highest BCUT2D eigenvalue weighted by Crippen LogP contribution is 2.39. The monoisotopic (exact) mass is 350 g/mol. The minimum absolute atomic E-state index is 0.00501. The van der Waals surface area contributed by atoms with Crippen LogP contribution in [0.2, 0.25) is 0 Å². The summed E-state index contributed by atoms with van der Waals surface area (Å²) in [6.07, 6.45) is 3.67. The number of thioether (sulfide) groups is 1. The summed E-state index contributed by atoms with van der Waals surface area (Å²) in [5.74, 6) is 0.588. The summed E-state index contributed by atoms with van der Waals surface area (Å²) in [6.45, 7) is 4.82. The molecule has 122 valence electrons. The number of hydrogen-bond acceptors (Lipinski definition) is 6. The smallest absolute Gasteiger partial charge is 0.263 e. The number of ether oxygens (including phenoxy) is 1. The van der Waals surface area contributed by atoms with E-state index in [0.29, 0.717) is 12.4 Å². The molecule has 0 saturated heterocycles. The van der Waals surface area contributed by atoms with E-state index in [1.54, 1.807) is 23.0 Å². The molecule has 1 unspecified atom stereocenters. The predicted octanol–water partition coefficient (Wildman–Crippen LogP) is 2.61. The van der Waals surface area contributed by atoms with E-state index >= 15 is 0 Å². The van der Waals surface area contributed by atoms with E-state index in [9.17, 15) is 4.79 Å². The molecule has 23 heavy (non-hydrogen) atoms. The van der Waals surface area contributed by atoms with Crippen molar-refractivity contribution in [1.82, 2.24) is 19.2 Å². The van der Waals surface area contributed by atoms with Crippen LogP contribution >= 0.6 is 23.1 Å². The van der Waals surface area contributed by atoms with E-state index in [0.717, 1.165) is 38.7 Å². The Labute approximate surface area is 141 Å². The second-order valence-corrected chi connectivity index (χ2v) is 8.00. The van der Waals surface area contributed by atoms with Crippen LogP contribution in [0.3, 0.4) is 0 Å². The van der Waals surface area contributed by atoms with E-state index in [4.69, 9.17) is 4.74 Å². The van der Waals surface area contributed by atoms with Crippen LogP contribution in [0.5, 0.6) is 0 Å². The molecule has 3 aromatic rings. The van der Waals surface area contributed by atoms with E-state index < -0.39 is 0 Å². The van der Waals surface area contributed by atoms with Gasteiger partial charge in [-0.25, -0.2) is 4.40 Å². The van der Waals surface area contributed by atoms with Crippen LogP contribution in [0.15, 0.2) is 9.95 Å². The molecule has 1 atom stereocenters. The molecule has 0 bridgehead atoms. The first-order valence-electron chi connectivity index (χ1n) is 7.55. The van der Waals surface area contributed by atoms with Crippen molar-refractivity contribution in [3.63, 3.8) is 0 Å².